The van der Waals surface area contributed by atoms with Gasteiger partial charge in [-0.25, -0.2) is 17.6 Å². The van der Waals surface area contributed by atoms with Gasteiger partial charge in [-0.3, -0.25) is 0 Å². The van der Waals surface area contributed by atoms with Crippen LogP contribution in [0.4, 0.5) is 23.2 Å². The molecule has 0 bridgehead atoms. The van der Waals surface area contributed by atoms with Gasteiger partial charge in [0.2, 0.25) is 0 Å². The van der Waals surface area contributed by atoms with Crippen LogP contribution >= 0.6 is 15.9 Å². The van der Waals surface area contributed by atoms with Gasteiger partial charge in [-0.05, 0) is 28.1 Å². The molecule has 0 aromatic heterocycles. The molecule has 1 N–H and O–H groups in total. The fraction of sp³-hybridized carbons (Fsp3) is 0.0769. The number of halogens is 5. The molecule has 19 heavy (non-hydrogen) atoms. The highest BCUT2D eigenvalue weighted by Crippen LogP contribution is 2.27. The summed E-state index contributed by atoms with van der Waals surface area (Å²) in [6.07, 6.45) is 0. The predicted molar refractivity (Wildman–Crippen MR) is 67.7 cm³/mol. The van der Waals surface area contributed by atoms with Crippen molar-refractivity contribution in [3.05, 3.63) is 63.6 Å². The van der Waals surface area contributed by atoms with Gasteiger partial charge >= 0.3 is 0 Å². The molecule has 0 atom stereocenters. The van der Waals surface area contributed by atoms with Crippen molar-refractivity contribution in [3.63, 3.8) is 0 Å². The van der Waals surface area contributed by atoms with E-state index < -0.39 is 23.3 Å². The lowest BCUT2D eigenvalue weighted by Gasteiger charge is -2.10. The van der Waals surface area contributed by atoms with Crippen LogP contribution in [0.25, 0.3) is 0 Å². The maximum absolute atomic E-state index is 13.5. The molecule has 0 aliphatic carbocycles. The molecule has 2 rings (SSSR count). The van der Waals surface area contributed by atoms with Crippen molar-refractivity contribution in [1.82, 2.24) is 0 Å². The molecule has 0 heterocycles. The Kier molecular flexibility index (Phi) is 4.09. The first kappa shape index (κ1) is 13.9. The Hall–Kier alpha value is -1.56. The molecule has 0 amide bonds. The van der Waals surface area contributed by atoms with Gasteiger partial charge in [0.1, 0.15) is 11.6 Å². The average molecular weight is 334 g/mol. The van der Waals surface area contributed by atoms with Crippen LogP contribution in [0.5, 0.6) is 0 Å². The van der Waals surface area contributed by atoms with Gasteiger partial charge < -0.3 is 5.32 Å². The van der Waals surface area contributed by atoms with Crippen LogP contribution in [0, 0.1) is 23.3 Å². The van der Waals surface area contributed by atoms with E-state index in [1.165, 1.54) is 12.1 Å². The molecule has 6 heteroatoms. The number of rotatable bonds is 3. The molecule has 1 nitrogen and oxygen atoms in total. The predicted octanol–water partition coefficient (Wildman–Crippen LogP) is 4.62. The van der Waals surface area contributed by atoms with E-state index in [0.29, 0.717) is 6.07 Å². The van der Waals surface area contributed by atoms with E-state index in [1.54, 1.807) is 0 Å². The third-order valence-electron chi connectivity index (χ3n) is 2.49. The highest BCUT2D eigenvalue weighted by Gasteiger charge is 2.11. The molecular weight excluding hydrogens is 326 g/mol. The molecule has 100 valence electrons. The second-order valence-electron chi connectivity index (χ2n) is 3.81. The quantitative estimate of drug-likeness (QED) is 0.808. The lowest BCUT2D eigenvalue weighted by Crippen LogP contribution is -2.05. The van der Waals surface area contributed by atoms with Crippen molar-refractivity contribution in [1.29, 1.82) is 0 Å². The van der Waals surface area contributed by atoms with E-state index in [1.807, 2.05) is 0 Å². The normalized spacial score (nSPS) is 10.6. The first-order valence-electron chi connectivity index (χ1n) is 5.30. The van der Waals surface area contributed by atoms with Gasteiger partial charge in [0, 0.05) is 22.6 Å². The Balaban J connectivity index is 2.22. The van der Waals surface area contributed by atoms with Gasteiger partial charge in [-0.15, -0.1) is 0 Å². The minimum Gasteiger partial charge on any atom is -0.378 e. The van der Waals surface area contributed by atoms with Crippen molar-refractivity contribution in [2.75, 3.05) is 5.32 Å². The molecule has 0 saturated heterocycles. The lowest BCUT2D eigenvalue weighted by atomic mass is 10.2. The standard InChI is InChI=1S/C13H8BrF4N/c14-9-4-8(15)5-11(17)13(9)19-6-7-2-1-3-10(16)12(7)18/h1-5,19H,6H2. The molecule has 0 saturated carbocycles. The SMILES string of the molecule is Fc1cc(F)c(NCc2cccc(F)c2F)c(Br)c1. The molecule has 0 aliphatic rings. The first-order valence-corrected chi connectivity index (χ1v) is 6.09. The van der Waals surface area contributed by atoms with Crippen molar-refractivity contribution in [3.8, 4) is 0 Å². The first-order chi connectivity index (χ1) is 8.99. The summed E-state index contributed by atoms with van der Waals surface area (Å²) in [6.45, 7) is -0.120. The summed E-state index contributed by atoms with van der Waals surface area (Å²) >= 11 is 2.99. The fourth-order valence-corrected chi connectivity index (χ4v) is 2.13. The molecular formula is C13H8BrF4N. The van der Waals surface area contributed by atoms with Crippen LogP contribution in [0.2, 0.25) is 0 Å². The topological polar surface area (TPSA) is 12.0 Å². The molecule has 0 fully saturated rings. The molecule has 2 aromatic rings. The van der Waals surface area contributed by atoms with Crippen LogP contribution in [-0.4, -0.2) is 0 Å². The van der Waals surface area contributed by atoms with Crippen LogP contribution in [0.1, 0.15) is 5.56 Å². The third kappa shape index (κ3) is 3.07. The summed E-state index contributed by atoms with van der Waals surface area (Å²) in [5.41, 5.74) is 0.0423. The van der Waals surface area contributed by atoms with E-state index in [0.717, 1.165) is 12.1 Å². The van der Waals surface area contributed by atoms with Gasteiger partial charge in [0.15, 0.2) is 11.6 Å². The van der Waals surface area contributed by atoms with E-state index in [4.69, 9.17) is 0 Å². The minimum absolute atomic E-state index is 0.00920. The molecule has 0 aliphatic heterocycles. The minimum atomic E-state index is -0.992. The Morgan fingerprint density at radius 3 is 2.42 bits per heavy atom. The summed E-state index contributed by atoms with van der Waals surface area (Å²) in [7, 11) is 0. The summed E-state index contributed by atoms with van der Waals surface area (Å²) in [5, 5.41) is 2.60. The second-order valence-corrected chi connectivity index (χ2v) is 4.67. The number of hydrogen-bond acceptors (Lipinski definition) is 1. The van der Waals surface area contributed by atoms with Gasteiger partial charge in [0.25, 0.3) is 0 Å². The van der Waals surface area contributed by atoms with E-state index in [2.05, 4.69) is 21.2 Å². The van der Waals surface area contributed by atoms with Crippen molar-refractivity contribution < 1.29 is 17.6 Å². The highest BCUT2D eigenvalue weighted by molar-refractivity contribution is 9.10. The Bertz CT molecular complexity index is 593. The van der Waals surface area contributed by atoms with Crippen LogP contribution < -0.4 is 5.32 Å². The van der Waals surface area contributed by atoms with Crippen LogP contribution in [0.15, 0.2) is 34.8 Å². The summed E-state index contributed by atoms with van der Waals surface area (Å²) in [4.78, 5) is 0. The lowest BCUT2D eigenvalue weighted by molar-refractivity contribution is 0.500. The van der Waals surface area contributed by atoms with Crippen molar-refractivity contribution in [2.45, 2.75) is 6.54 Å². The fourth-order valence-electron chi connectivity index (χ4n) is 1.58. The van der Waals surface area contributed by atoms with E-state index >= 15 is 0 Å². The van der Waals surface area contributed by atoms with Crippen molar-refractivity contribution >= 4 is 21.6 Å². The molecule has 0 radical (unpaired) electrons. The van der Waals surface area contributed by atoms with E-state index in [-0.39, 0.29) is 22.3 Å². The molecule has 0 unspecified atom stereocenters. The maximum Gasteiger partial charge on any atom is 0.163 e. The zero-order chi connectivity index (χ0) is 14.0. The monoisotopic (exact) mass is 333 g/mol. The van der Waals surface area contributed by atoms with Crippen LogP contribution in [-0.2, 0) is 6.54 Å². The average Bonchev–Trinajstić information content (AvgIpc) is 2.33. The molecule has 2 aromatic carbocycles. The highest BCUT2D eigenvalue weighted by atomic mass is 79.9. The summed E-state index contributed by atoms with van der Waals surface area (Å²) < 4.78 is 52.9. The van der Waals surface area contributed by atoms with Crippen LogP contribution in [0.3, 0.4) is 0 Å². The van der Waals surface area contributed by atoms with Crippen molar-refractivity contribution in [2.24, 2.45) is 0 Å². The third-order valence-corrected chi connectivity index (χ3v) is 3.12. The Labute approximate surface area is 115 Å². The summed E-state index contributed by atoms with van der Waals surface area (Å²) in [6, 6.07) is 5.50. The number of nitrogens with one attached hydrogen (secondary N) is 1. The van der Waals surface area contributed by atoms with Gasteiger partial charge in [-0.1, -0.05) is 12.1 Å². The van der Waals surface area contributed by atoms with Gasteiger partial charge in [-0.2, -0.15) is 0 Å². The summed E-state index contributed by atoms with van der Waals surface area (Å²) in [5.74, 6) is -3.51. The number of anilines is 1. The smallest absolute Gasteiger partial charge is 0.163 e. The number of hydrogen-bond donors (Lipinski definition) is 1. The zero-order valence-corrected chi connectivity index (χ0v) is 11.1. The largest absolute Gasteiger partial charge is 0.378 e. The maximum atomic E-state index is 13.5. The molecule has 0 spiro atoms. The number of benzene rings is 2. The second kappa shape index (κ2) is 5.61. The van der Waals surface area contributed by atoms with E-state index in [9.17, 15) is 17.6 Å². The Morgan fingerprint density at radius 2 is 1.74 bits per heavy atom. The zero-order valence-electron chi connectivity index (χ0n) is 9.48. The van der Waals surface area contributed by atoms with Gasteiger partial charge in [0.05, 0.1) is 5.69 Å². The Morgan fingerprint density at radius 1 is 1.00 bits per heavy atom.